The van der Waals surface area contributed by atoms with Gasteiger partial charge in [-0.3, -0.25) is 0 Å². The molecule has 1 aliphatic heterocycles. The van der Waals surface area contributed by atoms with Gasteiger partial charge in [0.15, 0.2) is 0 Å². The van der Waals surface area contributed by atoms with Crippen LogP contribution in [-0.4, -0.2) is 45.0 Å². The molecular weight excluding hydrogens is 294 g/mol. The molecule has 1 aromatic rings. The molecule has 7 heteroatoms. The Hall–Kier alpha value is -0.790. The van der Waals surface area contributed by atoms with E-state index in [1.54, 1.807) is 12.1 Å². The number of thioether (sulfide) groups is 1. The summed E-state index contributed by atoms with van der Waals surface area (Å²) in [4.78, 5) is 6.79. The molecule has 1 fully saturated rings. The van der Waals surface area contributed by atoms with Gasteiger partial charge in [0.1, 0.15) is 10.7 Å². The molecule has 112 valence electrons. The molecule has 0 aliphatic carbocycles. The number of hydrogen-bond donors (Lipinski definition) is 1. The van der Waals surface area contributed by atoms with Crippen LogP contribution in [0.2, 0.25) is 0 Å². The molecule has 2 rings (SSSR count). The summed E-state index contributed by atoms with van der Waals surface area (Å²) in [5.74, 6) is 0.862. The minimum atomic E-state index is -3.40. The van der Waals surface area contributed by atoms with Crippen LogP contribution < -0.4 is 9.62 Å². The molecule has 1 atom stereocenters. The maximum Gasteiger partial charge on any atom is 0.241 e. The first-order valence-corrected chi connectivity index (χ1v) is 9.51. The Morgan fingerprint density at radius 1 is 1.40 bits per heavy atom. The van der Waals surface area contributed by atoms with E-state index in [-0.39, 0.29) is 4.90 Å². The summed E-state index contributed by atoms with van der Waals surface area (Å²) in [5.41, 5.74) is 0. The van der Waals surface area contributed by atoms with Crippen molar-refractivity contribution in [1.82, 2.24) is 9.71 Å². The van der Waals surface area contributed by atoms with Crippen molar-refractivity contribution < 1.29 is 8.42 Å². The maximum atomic E-state index is 11.7. The van der Waals surface area contributed by atoms with Crippen LogP contribution in [0, 0.1) is 0 Å². The normalized spacial score (nSPS) is 20.7. The molecular formula is C13H21N3O2S2. The molecule has 0 amide bonds. The first-order chi connectivity index (χ1) is 9.56. The topological polar surface area (TPSA) is 62.3 Å². The zero-order valence-corrected chi connectivity index (χ0v) is 13.5. The second kappa shape index (κ2) is 6.78. The lowest BCUT2D eigenvalue weighted by molar-refractivity contribution is 0.588. The summed E-state index contributed by atoms with van der Waals surface area (Å²) in [6.07, 6.45) is 7.22. The van der Waals surface area contributed by atoms with Gasteiger partial charge in [0, 0.05) is 24.5 Å². The smallest absolute Gasteiger partial charge is 0.241 e. The SMILES string of the molecule is CNS(=O)(=O)c1ccc(N2CCCCC(SC)C2)nc1. The zero-order chi connectivity index (χ0) is 14.6. The zero-order valence-electron chi connectivity index (χ0n) is 11.9. The van der Waals surface area contributed by atoms with Crippen molar-refractivity contribution in [2.24, 2.45) is 0 Å². The Morgan fingerprint density at radius 3 is 2.80 bits per heavy atom. The molecule has 1 N–H and O–H groups in total. The molecule has 0 bridgehead atoms. The van der Waals surface area contributed by atoms with Crippen LogP contribution >= 0.6 is 11.8 Å². The molecule has 0 radical (unpaired) electrons. The van der Waals surface area contributed by atoms with Crippen LogP contribution in [-0.2, 0) is 10.0 Å². The Bertz CT molecular complexity index is 531. The predicted octanol–water partition coefficient (Wildman–Crippen LogP) is 1.71. The van der Waals surface area contributed by atoms with Gasteiger partial charge in [-0.1, -0.05) is 6.42 Å². The lowest BCUT2D eigenvalue weighted by Gasteiger charge is -2.24. The van der Waals surface area contributed by atoms with E-state index in [4.69, 9.17) is 0 Å². The summed E-state index contributed by atoms with van der Waals surface area (Å²) >= 11 is 1.89. The standard InChI is InChI=1S/C13H21N3O2S2/c1-14-20(17,18)12-6-7-13(15-9-12)16-8-4-3-5-11(10-16)19-2/h6-7,9,11,14H,3-5,8,10H2,1-2H3. The Labute approximate surface area is 125 Å². The number of hydrogen-bond acceptors (Lipinski definition) is 5. The fourth-order valence-electron chi connectivity index (χ4n) is 2.34. The quantitative estimate of drug-likeness (QED) is 0.916. The highest BCUT2D eigenvalue weighted by Gasteiger charge is 2.19. The number of anilines is 1. The van der Waals surface area contributed by atoms with Crippen LogP contribution in [0.4, 0.5) is 5.82 Å². The van der Waals surface area contributed by atoms with Gasteiger partial charge in [0.2, 0.25) is 10.0 Å². The molecule has 2 heterocycles. The predicted molar refractivity (Wildman–Crippen MR) is 83.8 cm³/mol. The fraction of sp³-hybridized carbons (Fsp3) is 0.615. The largest absolute Gasteiger partial charge is 0.356 e. The average Bonchev–Trinajstić information content (AvgIpc) is 2.73. The second-order valence-electron chi connectivity index (χ2n) is 4.86. The highest BCUT2D eigenvalue weighted by molar-refractivity contribution is 7.99. The number of aromatic nitrogens is 1. The van der Waals surface area contributed by atoms with Crippen LogP contribution in [0.15, 0.2) is 23.2 Å². The summed E-state index contributed by atoms with van der Waals surface area (Å²) in [7, 11) is -2.00. The molecule has 1 aliphatic rings. The van der Waals surface area contributed by atoms with Gasteiger partial charge in [0.25, 0.3) is 0 Å². The van der Waals surface area contributed by atoms with E-state index in [1.165, 1.54) is 26.1 Å². The summed E-state index contributed by atoms with van der Waals surface area (Å²) in [6.45, 7) is 1.97. The highest BCUT2D eigenvalue weighted by Crippen LogP contribution is 2.24. The molecule has 0 spiro atoms. The van der Waals surface area contributed by atoms with E-state index < -0.39 is 10.0 Å². The van der Waals surface area contributed by atoms with E-state index in [1.807, 2.05) is 11.8 Å². The number of nitrogens with zero attached hydrogens (tertiary/aromatic N) is 2. The lowest BCUT2D eigenvalue weighted by atomic mass is 10.2. The van der Waals surface area contributed by atoms with Crippen LogP contribution in [0.3, 0.4) is 0 Å². The second-order valence-corrected chi connectivity index (χ2v) is 7.88. The van der Waals surface area contributed by atoms with Crippen molar-refractivity contribution in [3.8, 4) is 0 Å². The summed E-state index contributed by atoms with van der Waals surface area (Å²) in [6, 6.07) is 3.42. The van der Waals surface area contributed by atoms with Crippen molar-refractivity contribution >= 4 is 27.6 Å². The van der Waals surface area contributed by atoms with Crippen LogP contribution in [0.5, 0.6) is 0 Å². The van der Waals surface area contributed by atoms with Crippen molar-refractivity contribution in [2.45, 2.75) is 29.4 Å². The van der Waals surface area contributed by atoms with E-state index in [0.717, 1.165) is 25.3 Å². The number of pyridine rings is 1. The van der Waals surface area contributed by atoms with Crippen LogP contribution in [0.1, 0.15) is 19.3 Å². The van der Waals surface area contributed by atoms with Crippen molar-refractivity contribution in [3.05, 3.63) is 18.3 Å². The van der Waals surface area contributed by atoms with Crippen molar-refractivity contribution in [3.63, 3.8) is 0 Å². The molecule has 20 heavy (non-hydrogen) atoms. The van der Waals surface area contributed by atoms with Gasteiger partial charge >= 0.3 is 0 Å². The van der Waals surface area contributed by atoms with Gasteiger partial charge in [-0.2, -0.15) is 11.8 Å². The Morgan fingerprint density at radius 2 is 2.20 bits per heavy atom. The van der Waals surface area contributed by atoms with E-state index in [2.05, 4.69) is 20.9 Å². The minimum absolute atomic E-state index is 0.208. The minimum Gasteiger partial charge on any atom is -0.356 e. The van der Waals surface area contributed by atoms with Crippen LogP contribution in [0.25, 0.3) is 0 Å². The first kappa shape index (κ1) is 15.6. The number of nitrogens with one attached hydrogen (secondary N) is 1. The average molecular weight is 315 g/mol. The molecule has 0 aromatic carbocycles. The third-order valence-electron chi connectivity index (χ3n) is 3.59. The third-order valence-corrected chi connectivity index (χ3v) is 6.04. The molecule has 5 nitrogen and oxygen atoms in total. The third kappa shape index (κ3) is 3.65. The van der Waals surface area contributed by atoms with Gasteiger partial charge < -0.3 is 4.90 Å². The molecule has 1 aromatic heterocycles. The number of sulfonamides is 1. The van der Waals surface area contributed by atoms with E-state index in [9.17, 15) is 8.42 Å². The van der Waals surface area contributed by atoms with E-state index >= 15 is 0 Å². The molecule has 1 unspecified atom stereocenters. The monoisotopic (exact) mass is 315 g/mol. The van der Waals surface area contributed by atoms with E-state index in [0.29, 0.717) is 5.25 Å². The van der Waals surface area contributed by atoms with Gasteiger partial charge in [-0.25, -0.2) is 18.1 Å². The summed E-state index contributed by atoms with van der Waals surface area (Å²) < 4.78 is 25.6. The lowest BCUT2D eigenvalue weighted by Crippen LogP contribution is -2.30. The summed E-state index contributed by atoms with van der Waals surface area (Å²) in [5, 5.41) is 0.625. The Kier molecular flexibility index (Phi) is 5.29. The maximum absolute atomic E-state index is 11.7. The fourth-order valence-corrected chi connectivity index (χ4v) is 3.75. The van der Waals surface area contributed by atoms with Gasteiger partial charge in [-0.15, -0.1) is 0 Å². The van der Waals surface area contributed by atoms with Gasteiger partial charge in [0.05, 0.1) is 0 Å². The first-order valence-electron chi connectivity index (χ1n) is 6.74. The van der Waals surface area contributed by atoms with Crippen molar-refractivity contribution in [1.29, 1.82) is 0 Å². The Balaban J connectivity index is 2.16. The highest BCUT2D eigenvalue weighted by atomic mass is 32.2. The van der Waals surface area contributed by atoms with Gasteiger partial charge in [-0.05, 0) is 38.3 Å². The number of rotatable bonds is 4. The van der Waals surface area contributed by atoms with Crippen molar-refractivity contribution in [2.75, 3.05) is 31.3 Å². The molecule has 1 saturated heterocycles. The molecule has 0 saturated carbocycles.